The van der Waals surface area contributed by atoms with Gasteiger partial charge in [-0.3, -0.25) is 0 Å². The van der Waals surface area contributed by atoms with Crippen molar-refractivity contribution in [2.75, 3.05) is 11.9 Å². The Morgan fingerprint density at radius 1 is 1.14 bits per heavy atom. The molecule has 0 aliphatic heterocycles. The second-order valence-corrected chi connectivity index (χ2v) is 9.43. The maximum absolute atomic E-state index is 12.2. The molecule has 2 N–H and O–H groups in total. The van der Waals surface area contributed by atoms with Gasteiger partial charge in [-0.2, -0.15) is 10.4 Å². The predicted octanol–water partition coefficient (Wildman–Crippen LogP) is 4.86. The minimum absolute atomic E-state index is 0.173. The molecule has 2 saturated carbocycles. The molecule has 2 aromatic heterocycles. The third kappa shape index (κ3) is 4.38. The van der Waals surface area contributed by atoms with Crippen LogP contribution >= 0.6 is 0 Å². The molecule has 9 heteroatoms. The Morgan fingerprint density at radius 2 is 1.97 bits per heavy atom. The van der Waals surface area contributed by atoms with Crippen molar-refractivity contribution < 1.29 is 9.53 Å². The van der Waals surface area contributed by atoms with Crippen LogP contribution in [0.3, 0.4) is 0 Å². The lowest BCUT2D eigenvalue weighted by atomic mass is 9.93. The molecular weight excluding hydrogens is 454 g/mol. The van der Waals surface area contributed by atoms with E-state index in [9.17, 15) is 10.1 Å². The highest BCUT2D eigenvalue weighted by Gasteiger charge is 2.31. The zero-order valence-electron chi connectivity index (χ0n) is 19.9. The van der Waals surface area contributed by atoms with E-state index < -0.39 is 0 Å². The van der Waals surface area contributed by atoms with Gasteiger partial charge < -0.3 is 19.9 Å². The fourth-order valence-electron chi connectivity index (χ4n) is 4.71. The maximum atomic E-state index is 12.2. The van der Waals surface area contributed by atoms with Crippen molar-refractivity contribution in [3.8, 4) is 23.1 Å². The first-order valence-electron chi connectivity index (χ1n) is 12.4. The number of fused-ring (bicyclic) bond motifs is 1. The molecular formula is C27H27N7O2. The molecule has 182 valence electrons. The van der Waals surface area contributed by atoms with Gasteiger partial charge >= 0.3 is 6.03 Å². The molecule has 0 saturated heterocycles. The molecule has 0 unspecified atom stereocenters. The standard InChI is InChI=1S/C27H27N7O2/c28-15-24-23-11-10-22(36-13-12-33-17-29-16-30-33)14-25(23)34(21-8-9-21)26(24)18-4-6-20(7-5-18)32-27(35)31-19-2-1-3-19/h4-7,10-11,14,16-17,19,21H,1-3,8-9,12-13H2,(H2,31,32,35). The summed E-state index contributed by atoms with van der Waals surface area (Å²) < 4.78 is 10.0. The van der Waals surface area contributed by atoms with E-state index in [-0.39, 0.29) is 12.1 Å². The molecule has 0 spiro atoms. The number of carbonyl (C=O) groups is 1. The van der Waals surface area contributed by atoms with Crippen LogP contribution in [-0.2, 0) is 6.54 Å². The minimum Gasteiger partial charge on any atom is -0.492 e. The summed E-state index contributed by atoms with van der Waals surface area (Å²) in [5.74, 6) is 0.759. The molecule has 4 aromatic rings. The van der Waals surface area contributed by atoms with Crippen LogP contribution in [0.5, 0.6) is 5.75 Å². The summed E-state index contributed by atoms with van der Waals surface area (Å²) in [7, 11) is 0. The Morgan fingerprint density at radius 3 is 2.64 bits per heavy atom. The lowest BCUT2D eigenvalue weighted by Crippen LogP contribution is -2.41. The van der Waals surface area contributed by atoms with Crippen LogP contribution in [-0.4, -0.2) is 38.0 Å². The van der Waals surface area contributed by atoms with E-state index >= 15 is 0 Å². The molecule has 0 radical (unpaired) electrons. The molecule has 2 fully saturated rings. The fraction of sp³-hybridized carbons (Fsp3) is 0.333. The van der Waals surface area contributed by atoms with E-state index in [4.69, 9.17) is 4.74 Å². The van der Waals surface area contributed by atoms with Crippen LogP contribution in [0.25, 0.3) is 22.2 Å². The zero-order valence-corrected chi connectivity index (χ0v) is 19.9. The van der Waals surface area contributed by atoms with Crippen molar-refractivity contribution >= 4 is 22.6 Å². The van der Waals surface area contributed by atoms with Gasteiger partial charge in [-0.05, 0) is 61.9 Å². The average Bonchev–Trinajstić information content (AvgIpc) is 3.46. The third-order valence-electron chi connectivity index (χ3n) is 6.91. The molecule has 2 heterocycles. The molecule has 2 aliphatic rings. The van der Waals surface area contributed by atoms with E-state index in [1.165, 1.54) is 12.7 Å². The van der Waals surface area contributed by atoms with Gasteiger partial charge in [0, 0.05) is 29.2 Å². The van der Waals surface area contributed by atoms with Crippen LogP contribution in [0.1, 0.15) is 43.7 Å². The van der Waals surface area contributed by atoms with E-state index in [0.717, 1.165) is 59.3 Å². The van der Waals surface area contributed by atoms with Gasteiger partial charge in [0.25, 0.3) is 0 Å². The highest BCUT2D eigenvalue weighted by molar-refractivity contribution is 5.96. The number of nitrogens with zero attached hydrogens (tertiary/aromatic N) is 5. The first-order chi connectivity index (χ1) is 17.7. The number of rotatable bonds is 8. The summed E-state index contributed by atoms with van der Waals surface area (Å²) >= 11 is 0. The monoisotopic (exact) mass is 481 g/mol. The second-order valence-electron chi connectivity index (χ2n) is 9.43. The number of nitriles is 1. The summed E-state index contributed by atoms with van der Waals surface area (Å²) in [5, 5.41) is 21.0. The predicted molar refractivity (Wildman–Crippen MR) is 136 cm³/mol. The normalized spacial score (nSPS) is 15.3. The molecule has 2 aliphatic carbocycles. The Kier molecular flexibility index (Phi) is 5.77. The molecule has 2 aromatic carbocycles. The molecule has 0 atom stereocenters. The Labute approximate surface area is 208 Å². The van der Waals surface area contributed by atoms with Crippen LogP contribution in [0.2, 0.25) is 0 Å². The van der Waals surface area contributed by atoms with Crippen molar-refractivity contribution in [3.63, 3.8) is 0 Å². The number of hydrogen-bond donors (Lipinski definition) is 2. The van der Waals surface area contributed by atoms with E-state index in [1.54, 1.807) is 11.0 Å². The van der Waals surface area contributed by atoms with Gasteiger partial charge in [0.05, 0.1) is 23.3 Å². The van der Waals surface area contributed by atoms with Gasteiger partial charge in [0.2, 0.25) is 0 Å². The summed E-state index contributed by atoms with van der Waals surface area (Å²) in [5.41, 5.74) is 4.26. The molecule has 0 bridgehead atoms. The molecule has 2 amide bonds. The first kappa shape index (κ1) is 22.2. The Balaban J connectivity index is 1.27. The quantitative estimate of drug-likeness (QED) is 0.373. The van der Waals surface area contributed by atoms with Crippen LogP contribution in [0, 0.1) is 11.3 Å². The highest BCUT2D eigenvalue weighted by Crippen LogP contribution is 2.45. The third-order valence-corrected chi connectivity index (χ3v) is 6.91. The number of nitrogens with one attached hydrogen (secondary N) is 2. The lowest BCUT2D eigenvalue weighted by molar-refractivity contribution is 0.240. The topological polar surface area (TPSA) is 110 Å². The molecule has 9 nitrogen and oxygen atoms in total. The second kappa shape index (κ2) is 9.38. The molecule has 6 rings (SSSR count). The lowest BCUT2D eigenvalue weighted by Gasteiger charge is -2.26. The number of urea groups is 1. The number of ether oxygens (including phenoxy) is 1. The molecule has 36 heavy (non-hydrogen) atoms. The summed E-state index contributed by atoms with van der Waals surface area (Å²) in [6, 6.07) is 16.6. The van der Waals surface area contributed by atoms with Gasteiger partial charge in [-0.1, -0.05) is 12.1 Å². The SMILES string of the molecule is N#Cc1c(-c2ccc(NC(=O)NC3CCC3)cc2)n(C2CC2)c2cc(OCCn3cncn3)ccc12. The van der Waals surface area contributed by atoms with Crippen molar-refractivity contribution in [3.05, 3.63) is 60.7 Å². The van der Waals surface area contributed by atoms with Gasteiger partial charge in [-0.15, -0.1) is 0 Å². The number of carbonyl (C=O) groups excluding carboxylic acids is 1. The van der Waals surface area contributed by atoms with Gasteiger partial charge in [-0.25, -0.2) is 14.5 Å². The van der Waals surface area contributed by atoms with E-state index in [2.05, 4.69) is 31.4 Å². The number of benzene rings is 2. The summed E-state index contributed by atoms with van der Waals surface area (Å²) in [6.07, 6.45) is 8.60. The number of hydrogen-bond acceptors (Lipinski definition) is 5. The van der Waals surface area contributed by atoms with E-state index in [1.807, 2.05) is 42.5 Å². The van der Waals surface area contributed by atoms with Crippen molar-refractivity contribution in [2.45, 2.75) is 50.7 Å². The maximum Gasteiger partial charge on any atom is 0.319 e. The van der Waals surface area contributed by atoms with Crippen molar-refractivity contribution in [1.29, 1.82) is 5.26 Å². The highest BCUT2D eigenvalue weighted by atomic mass is 16.5. The number of amides is 2. The number of anilines is 1. The zero-order chi connectivity index (χ0) is 24.5. The average molecular weight is 482 g/mol. The van der Waals surface area contributed by atoms with Crippen LogP contribution < -0.4 is 15.4 Å². The fourth-order valence-corrected chi connectivity index (χ4v) is 4.71. The Bertz CT molecular complexity index is 1430. The van der Waals surface area contributed by atoms with Crippen molar-refractivity contribution in [1.82, 2.24) is 24.6 Å². The van der Waals surface area contributed by atoms with Gasteiger partial charge in [0.1, 0.15) is 31.1 Å². The number of aromatic nitrogens is 4. The minimum atomic E-state index is -0.173. The summed E-state index contributed by atoms with van der Waals surface area (Å²) in [4.78, 5) is 16.2. The largest absolute Gasteiger partial charge is 0.492 e. The smallest absolute Gasteiger partial charge is 0.319 e. The first-order valence-corrected chi connectivity index (χ1v) is 12.4. The van der Waals surface area contributed by atoms with E-state index in [0.29, 0.717) is 24.8 Å². The van der Waals surface area contributed by atoms with Crippen molar-refractivity contribution in [2.24, 2.45) is 0 Å². The van der Waals surface area contributed by atoms with Gasteiger partial charge in [0.15, 0.2) is 0 Å². The van der Waals surface area contributed by atoms with Crippen LogP contribution in [0.15, 0.2) is 55.1 Å². The summed E-state index contributed by atoms with van der Waals surface area (Å²) in [6.45, 7) is 1.08. The Hall–Kier alpha value is -4.32. The van der Waals surface area contributed by atoms with Crippen LogP contribution in [0.4, 0.5) is 10.5 Å².